The fourth-order valence-electron chi connectivity index (χ4n) is 13.0. The molecule has 5 saturated heterocycles. The highest BCUT2D eigenvalue weighted by atomic mass is 16.7. The van der Waals surface area contributed by atoms with Crippen LogP contribution in [-0.4, -0.2) is 168 Å². The number of carbonyl (C=O) groups is 3. The molecular weight excluding hydrogens is 911 g/mol. The summed E-state index contributed by atoms with van der Waals surface area (Å²) in [6, 6.07) is 8.80. The molecule has 1 aromatic heterocycles. The summed E-state index contributed by atoms with van der Waals surface area (Å²) in [6.45, 7) is 23.1. The molecule has 2 N–H and O–H groups in total. The van der Waals surface area contributed by atoms with Gasteiger partial charge in [-0.15, -0.1) is 6.58 Å². The number of likely N-dealkylation sites (N-methyl/N-ethyl adjacent to an activating group) is 1. The number of ketones is 1. The molecule has 19 atom stereocenters. The lowest BCUT2D eigenvalue weighted by Crippen LogP contribution is -2.61. The average molecular weight is 992 g/mol. The number of nitrogens with zero attached hydrogens (tertiary/aromatic N) is 3. The summed E-state index contributed by atoms with van der Waals surface area (Å²) >= 11 is 0. The first-order valence-corrected chi connectivity index (χ1v) is 25.6. The number of aromatic nitrogens is 1. The highest BCUT2D eigenvalue weighted by Gasteiger charge is 2.71. The fraction of sp³-hybridized carbons (Fsp3) is 0.709. The number of aliphatic hydroxyl groups excluding tert-OH is 2. The van der Waals surface area contributed by atoms with Gasteiger partial charge in [0.2, 0.25) is 0 Å². The number of likely N-dealkylation sites (tertiary alicyclic amines) is 1. The number of para-hydroxylation sites is 1. The Hall–Kier alpha value is -3.68. The fourth-order valence-corrected chi connectivity index (χ4v) is 13.0. The van der Waals surface area contributed by atoms with Gasteiger partial charge in [0.1, 0.15) is 30.1 Å². The molecule has 71 heavy (non-hydrogen) atoms. The van der Waals surface area contributed by atoms with Crippen molar-refractivity contribution in [1.82, 2.24) is 14.8 Å². The van der Waals surface area contributed by atoms with E-state index in [-0.39, 0.29) is 50.3 Å². The summed E-state index contributed by atoms with van der Waals surface area (Å²) < 4.78 is 53.1. The second-order valence-electron chi connectivity index (χ2n) is 22.3. The molecule has 0 bridgehead atoms. The third kappa shape index (κ3) is 10.7. The number of cyclic esters (lactones) is 1. The molecule has 6 heterocycles. The zero-order valence-electron chi connectivity index (χ0n) is 44.2. The smallest absolute Gasteiger partial charge is 0.324 e. The van der Waals surface area contributed by atoms with Gasteiger partial charge in [0.25, 0.3) is 0 Å². The summed E-state index contributed by atoms with van der Waals surface area (Å²) in [7, 11) is 5.33. The van der Waals surface area contributed by atoms with E-state index in [1.807, 2.05) is 108 Å². The Kier molecular flexibility index (Phi) is 16.8. The molecule has 5 aliphatic rings. The Bertz CT molecular complexity index is 2260. The van der Waals surface area contributed by atoms with Crippen molar-refractivity contribution >= 4 is 34.7 Å². The van der Waals surface area contributed by atoms with Gasteiger partial charge in [-0.05, 0) is 92.6 Å². The van der Waals surface area contributed by atoms with Crippen LogP contribution in [0.25, 0.3) is 17.0 Å². The van der Waals surface area contributed by atoms with Gasteiger partial charge < -0.3 is 53.0 Å². The molecule has 7 rings (SSSR count). The van der Waals surface area contributed by atoms with Crippen LogP contribution >= 0.6 is 0 Å². The Labute approximate surface area is 420 Å². The molecule has 2 aromatic rings. The van der Waals surface area contributed by atoms with Crippen molar-refractivity contribution in [2.45, 2.75) is 179 Å². The number of fused-ring (bicyclic) bond motifs is 1. The predicted octanol–water partition coefficient (Wildman–Crippen LogP) is 6.13. The maximum atomic E-state index is 15.7. The summed E-state index contributed by atoms with van der Waals surface area (Å²) in [5.74, 6) is -4.44. The van der Waals surface area contributed by atoms with Gasteiger partial charge in [0.05, 0.1) is 53.7 Å². The van der Waals surface area contributed by atoms with Gasteiger partial charge in [-0.25, -0.2) is 0 Å². The van der Waals surface area contributed by atoms with Crippen LogP contribution in [0.15, 0.2) is 55.3 Å². The number of aliphatic hydroxyl groups is 2. The molecule has 5 aliphatic heterocycles. The highest BCUT2D eigenvalue weighted by molar-refractivity contribution is 5.91. The zero-order chi connectivity index (χ0) is 52.0. The number of hydrogen-bond donors (Lipinski definition) is 2. The van der Waals surface area contributed by atoms with Crippen LogP contribution < -0.4 is 0 Å². The molecule has 16 heteroatoms. The van der Waals surface area contributed by atoms with Crippen molar-refractivity contribution < 1.29 is 62.5 Å². The zero-order valence-corrected chi connectivity index (χ0v) is 44.2. The SMILES string of the molecule is C=CCN1C[C@@]2(C)C(=O)[C@H](C)C[C@](C)(OC/C=C/c3cnc4ccccc4c3)[C@H](O[C@@H]3O[C@H](C)C[C@H](N(C)C)[C@H]3O)[C@H](C)C(O[C@H]3C[C@@](C)(OC)[C@@H](O)[C@H](C)O3)[C@@H](C)C(=O)O[C@H](CC)[C@@]3(C)OC(=O)[C@H]1[C@@H]32. The van der Waals surface area contributed by atoms with E-state index in [1.54, 1.807) is 40.0 Å². The van der Waals surface area contributed by atoms with Crippen molar-refractivity contribution in [2.24, 2.45) is 29.1 Å². The first-order chi connectivity index (χ1) is 33.4. The van der Waals surface area contributed by atoms with Gasteiger partial charge in [0, 0.05) is 67.4 Å². The highest BCUT2D eigenvalue weighted by Crippen LogP contribution is 2.56. The molecular formula is C55H81N3O13. The van der Waals surface area contributed by atoms with Crippen LogP contribution in [0, 0.1) is 29.1 Å². The number of ether oxygens (including phenoxy) is 8. The van der Waals surface area contributed by atoms with Gasteiger partial charge in [-0.1, -0.05) is 64.1 Å². The number of hydrogen-bond acceptors (Lipinski definition) is 16. The Morgan fingerprint density at radius 1 is 0.972 bits per heavy atom. The minimum Gasteiger partial charge on any atom is -0.458 e. The lowest BCUT2D eigenvalue weighted by atomic mass is 9.62. The van der Waals surface area contributed by atoms with E-state index in [0.717, 1.165) is 16.5 Å². The molecule has 0 spiro atoms. The first kappa shape index (κ1) is 55.1. The summed E-state index contributed by atoms with van der Waals surface area (Å²) in [5.41, 5.74) is -3.26. The molecule has 1 unspecified atom stereocenters. The summed E-state index contributed by atoms with van der Waals surface area (Å²) in [5, 5.41) is 24.3. The van der Waals surface area contributed by atoms with Gasteiger partial charge in [-0.3, -0.25) is 24.3 Å². The van der Waals surface area contributed by atoms with E-state index in [0.29, 0.717) is 13.0 Å². The van der Waals surface area contributed by atoms with Crippen LogP contribution in [0.2, 0.25) is 0 Å². The predicted molar refractivity (Wildman–Crippen MR) is 267 cm³/mol. The number of esters is 2. The minimum absolute atomic E-state index is 0.0613. The monoisotopic (exact) mass is 992 g/mol. The second-order valence-corrected chi connectivity index (χ2v) is 22.3. The largest absolute Gasteiger partial charge is 0.458 e. The van der Waals surface area contributed by atoms with Crippen molar-refractivity contribution in [2.75, 3.05) is 40.9 Å². The standard InChI is InChI=1S/C55H81N3O13/c1-15-23-58-30-52(8)45-42(58)50(63)71-55(45,11)40(16-2)68-49(62)34(6)44(69-41-28-53(9,64-14)47(61)35(7)67-41)33(5)48(70-51-43(59)39(57(12)13)25-32(4)66-51)54(10,27-31(3)46(52)60)65-24-19-20-36-26-37-21-17-18-22-38(37)56-29-36/h15,17-22,26,29,31-35,39-45,47-48,51,59,61H,1,16,23-25,27-28,30H2,2-14H3/b20-19+/t31-,32-,33-,34-,35+,39+,40-,41+,42-,43-,44?,45-,47+,48-,51+,52-,53-,54+,55-/m1/s1. The Morgan fingerprint density at radius 3 is 2.37 bits per heavy atom. The summed E-state index contributed by atoms with van der Waals surface area (Å²) in [4.78, 5) is 53.6. The van der Waals surface area contributed by atoms with Crippen molar-refractivity contribution in [3.05, 3.63) is 60.8 Å². The van der Waals surface area contributed by atoms with E-state index in [4.69, 9.17) is 37.9 Å². The maximum absolute atomic E-state index is 15.7. The van der Waals surface area contributed by atoms with Crippen molar-refractivity contribution in [1.29, 1.82) is 0 Å². The Balaban J connectivity index is 1.38. The van der Waals surface area contributed by atoms with Crippen LogP contribution in [0.1, 0.15) is 100 Å². The van der Waals surface area contributed by atoms with Gasteiger partial charge in [-0.2, -0.15) is 0 Å². The van der Waals surface area contributed by atoms with Crippen LogP contribution in [-0.2, 0) is 52.3 Å². The van der Waals surface area contributed by atoms with Crippen LogP contribution in [0.5, 0.6) is 0 Å². The van der Waals surface area contributed by atoms with Crippen molar-refractivity contribution in [3.63, 3.8) is 0 Å². The number of rotatable bonds is 13. The van der Waals surface area contributed by atoms with Crippen LogP contribution in [0.4, 0.5) is 0 Å². The van der Waals surface area contributed by atoms with E-state index < -0.39 is 113 Å². The molecule has 1 aromatic carbocycles. The van der Waals surface area contributed by atoms with E-state index in [2.05, 4.69) is 11.6 Å². The molecule has 0 amide bonds. The maximum Gasteiger partial charge on any atom is 0.324 e. The lowest BCUT2D eigenvalue weighted by molar-refractivity contribution is -0.320. The number of methoxy groups -OCH3 is 1. The lowest BCUT2D eigenvalue weighted by Gasteiger charge is -2.50. The van der Waals surface area contributed by atoms with E-state index >= 15 is 9.59 Å². The number of pyridine rings is 1. The minimum atomic E-state index is -1.39. The molecule has 16 nitrogen and oxygen atoms in total. The third-order valence-corrected chi connectivity index (χ3v) is 16.7. The van der Waals surface area contributed by atoms with E-state index in [1.165, 1.54) is 7.11 Å². The molecule has 0 saturated carbocycles. The normalized spacial score (nSPS) is 42.8. The van der Waals surface area contributed by atoms with Gasteiger partial charge in [0.15, 0.2) is 18.2 Å². The van der Waals surface area contributed by atoms with Crippen LogP contribution in [0.3, 0.4) is 0 Å². The Morgan fingerprint density at radius 2 is 1.69 bits per heavy atom. The number of Topliss-reactive ketones (excluding diaryl/α,β-unsaturated/α-hetero) is 1. The third-order valence-electron chi connectivity index (χ3n) is 16.7. The topological polar surface area (TPSA) is 185 Å². The van der Waals surface area contributed by atoms with E-state index in [9.17, 15) is 15.0 Å². The molecule has 0 radical (unpaired) electrons. The first-order valence-electron chi connectivity index (χ1n) is 25.6. The quantitative estimate of drug-likeness (QED) is 0.172. The molecule has 5 fully saturated rings. The number of benzene rings is 1. The van der Waals surface area contributed by atoms with Crippen molar-refractivity contribution in [3.8, 4) is 0 Å². The average Bonchev–Trinajstić information content (AvgIpc) is 3.80. The molecule has 394 valence electrons. The second kappa shape index (κ2) is 21.7. The van der Waals surface area contributed by atoms with Gasteiger partial charge >= 0.3 is 11.9 Å². The molecule has 0 aliphatic carbocycles. The number of carbonyl (C=O) groups excluding carboxylic acids is 3. The summed E-state index contributed by atoms with van der Waals surface area (Å²) in [6.07, 6.45) is 0.0856.